The first-order valence-corrected chi connectivity index (χ1v) is 10.4. The second kappa shape index (κ2) is 15.6. The third-order valence-corrected chi connectivity index (χ3v) is 4.15. The maximum absolute atomic E-state index is 11.0. The van der Waals surface area contributed by atoms with Gasteiger partial charge in [0, 0.05) is 26.4 Å². The van der Waals surface area contributed by atoms with Crippen molar-refractivity contribution in [3.8, 4) is 0 Å². The Morgan fingerprint density at radius 2 is 1.22 bits per heavy atom. The minimum atomic E-state index is -4.40. The van der Waals surface area contributed by atoms with E-state index < -0.39 is 7.82 Å². The minimum absolute atomic E-state index is 0.360. The van der Waals surface area contributed by atoms with Crippen LogP contribution in [0.3, 0.4) is 0 Å². The molecule has 0 bridgehead atoms. The Morgan fingerprint density at radius 1 is 0.783 bits per heavy atom. The molecule has 0 saturated carbocycles. The summed E-state index contributed by atoms with van der Waals surface area (Å²) in [6, 6.07) is 0. The molecule has 0 aromatic rings. The molecule has 1 unspecified atom stereocenters. The summed E-state index contributed by atoms with van der Waals surface area (Å²) in [5.41, 5.74) is 0. The van der Waals surface area contributed by atoms with Crippen LogP contribution in [0.4, 0.5) is 0 Å². The third kappa shape index (κ3) is 18.2. The van der Waals surface area contributed by atoms with Gasteiger partial charge in [0.15, 0.2) is 0 Å². The van der Waals surface area contributed by atoms with Gasteiger partial charge in [0.05, 0.1) is 6.10 Å². The highest BCUT2D eigenvalue weighted by molar-refractivity contribution is 7.46. The first-order valence-electron chi connectivity index (χ1n) is 8.89. The number of hydrogen-bond donors (Lipinski definition) is 2. The first kappa shape index (κ1) is 23.0. The summed E-state index contributed by atoms with van der Waals surface area (Å²) in [6.45, 7) is 6.93. The highest BCUT2D eigenvalue weighted by Crippen LogP contribution is 2.39. The number of phosphoric ester groups is 1. The Morgan fingerprint density at radius 3 is 1.74 bits per heavy atom. The highest BCUT2D eigenvalue weighted by atomic mass is 31.2. The van der Waals surface area contributed by atoms with E-state index in [0.717, 1.165) is 58.2 Å². The van der Waals surface area contributed by atoms with Crippen LogP contribution in [0.2, 0.25) is 0 Å². The van der Waals surface area contributed by atoms with Crippen LogP contribution in [0, 0.1) is 0 Å². The summed E-state index contributed by atoms with van der Waals surface area (Å²) < 4.78 is 26.5. The average Bonchev–Trinajstić information content (AvgIpc) is 2.48. The molecule has 0 aliphatic heterocycles. The first-order chi connectivity index (χ1) is 11.0. The summed E-state index contributed by atoms with van der Waals surface area (Å²) in [4.78, 5) is 18.0. The van der Waals surface area contributed by atoms with Crippen LogP contribution >= 0.6 is 7.82 Å². The fourth-order valence-corrected chi connectivity index (χ4v) is 3.01. The van der Waals surface area contributed by atoms with Crippen LogP contribution in [0.5, 0.6) is 0 Å². The molecule has 0 aromatic heterocycles. The van der Waals surface area contributed by atoms with Crippen LogP contribution in [0.15, 0.2) is 0 Å². The lowest BCUT2D eigenvalue weighted by Gasteiger charge is -2.18. The van der Waals surface area contributed by atoms with Crippen molar-refractivity contribution in [2.75, 3.05) is 26.4 Å². The van der Waals surface area contributed by atoms with Gasteiger partial charge in [0.25, 0.3) is 0 Å². The second-order valence-corrected chi connectivity index (χ2v) is 6.86. The Kier molecular flexibility index (Phi) is 15.6. The van der Waals surface area contributed by atoms with Gasteiger partial charge in [-0.15, -0.1) is 0 Å². The van der Waals surface area contributed by atoms with Crippen molar-refractivity contribution in [2.45, 2.75) is 77.7 Å². The van der Waals surface area contributed by atoms with Crippen LogP contribution in [-0.2, 0) is 18.6 Å². The lowest BCUT2D eigenvalue weighted by atomic mass is 10.0. The van der Waals surface area contributed by atoms with Crippen LogP contribution in [0.1, 0.15) is 71.6 Å². The van der Waals surface area contributed by atoms with Gasteiger partial charge in [0.2, 0.25) is 0 Å². The molecular formula is C16H35O6P. The molecule has 0 aromatic carbocycles. The Balaban J connectivity index is 3.77. The van der Waals surface area contributed by atoms with Gasteiger partial charge in [-0.25, -0.2) is 4.57 Å². The number of phosphoric acid groups is 1. The van der Waals surface area contributed by atoms with Crippen molar-refractivity contribution < 1.29 is 28.3 Å². The second-order valence-electron chi connectivity index (χ2n) is 5.66. The molecule has 0 saturated heterocycles. The van der Waals surface area contributed by atoms with Gasteiger partial charge >= 0.3 is 7.82 Å². The molecule has 0 fully saturated rings. The van der Waals surface area contributed by atoms with Crippen LogP contribution in [-0.4, -0.2) is 42.3 Å². The molecule has 0 rings (SSSR count). The van der Waals surface area contributed by atoms with E-state index in [2.05, 4.69) is 0 Å². The molecule has 7 heteroatoms. The summed E-state index contributed by atoms with van der Waals surface area (Å²) in [5, 5.41) is 0. The zero-order chi connectivity index (χ0) is 17.4. The van der Waals surface area contributed by atoms with Crippen molar-refractivity contribution in [2.24, 2.45) is 0 Å². The number of hydrogen-bond acceptors (Lipinski definition) is 4. The molecule has 0 aliphatic carbocycles. The smallest absolute Gasteiger partial charge is 0.382 e. The standard InChI is InChI=1S/C16H35O6P/c1-3-20-14-10-7-5-6-8-12-16(22-23(17,18)19)13-9-11-15-21-4-2/h16H,3-15H2,1-2H3,(H2,17,18,19). The molecule has 0 aliphatic rings. The molecule has 6 nitrogen and oxygen atoms in total. The summed E-state index contributed by atoms with van der Waals surface area (Å²) in [6.07, 6.45) is 8.10. The monoisotopic (exact) mass is 354 g/mol. The molecule has 0 radical (unpaired) electrons. The maximum Gasteiger partial charge on any atom is 0.469 e. The summed E-state index contributed by atoms with van der Waals surface area (Å²) >= 11 is 0. The Bertz CT molecular complexity index is 294. The van der Waals surface area contributed by atoms with Gasteiger partial charge in [-0.3, -0.25) is 4.52 Å². The number of rotatable bonds is 17. The van der Waals surface area contributed by atoms with Crippen LogP contribution < -0.4 is 0 Å². The van der Waals surface area contributed by atoms with E-state index in [9.17, 15) is 4.57 Å². The lowest BCUT2D eigenvalue weighted by Crippen LogP contribution is -2.12. The molecular weight excluding hydrogens is 319 g/mol. The van der Waals surface area contributed by atoms with E-state index >= 15 is 0 Å². The van der Waals surface area contributed by atoms with Gasteiger partial charge < -0.3 is 19.3 Å². The highest BCUT2D eigenvalue weighted by Gasteiger charge is 2.21. The zero-order valence-electron chi connectivity index (χ0n) is 14.7. The zero-order valence-corrected chi connectivity index (χ0v) is 15.6. The predicted octanol–water partition coefficient (Wildman–Crippen LogP) is 4.05. The van der Waals surface area contributed by atoms with E-state index in [1.54, 1.807) is 0 Å². The molecule has 140 valence electrons. The molecule has 0 spiro atoms. The van der Waals surface area contributed by atoms with Gasteiger partial charge in [-0.2, -0.15) is 0 Å². The maximum atomic E-state index is 11.0. The molecule has 0 heterocycles. The van der Waals surface area contributed by atoms with E-state index in [1.807, 2.05) is 13.8 Å². The number of ether oxygens (including phenoxy) is 2. The van der Waals surface area contributed by atoms with Crippen molar-refractivity contribution >= 4 is 7.82 Å². The fraction of sp³-hybridized carbons (Fsp3) is 1.00. The molecule has 1 atom stereocenters. The van der Waals surface area contributed by atoms with Gasteiger partial charge in [0.1, 0.15) is 0 Å². The average molecular weight is 354 g/mol. The van der Waals surface area contributed by atoms with Crippen molar-refractivity contribution in [3.05, 3.63) is 0 Å². The van der Waals surface area contributed by atoms with E-state index in [-0.39, 0.29) is 6.10 Å². The normalized spacial score (nSPS) is 13.4. The molecule has 23 heavy (non-hydrogen) atoms. The SMILES string of the molecule is CCOCCCCCCCC(CCCCOCC)OP(=O)(O)O. The van der Waals surface area contributed by atoms with E-state index in [4.69, 9.17) is 23.8 Å². The largest absolute Gasteiger partial charge is 0.469 e. The van der Waals surface area contributed by atoms with Crippen molar-refractivity contribution in [1.82, 2.24) is 0 Å². The minimum Gasteiger partial charge on any atom is -0.382 e. The predicted molar refractivity (Wildman–Crippen MR) is 91.5 cm³/mol. The third-order valence-electron chi connectivity index (χ3n) is 3.57. The fourth-order valence-electron chi connectivity index (χ4n) is 2.42. The van der Waals surface area contributed by atoms with Crippen molar-refractivity contribution in [1.29, 1.82) is 0 Å². The molecule has 2 N–H and O–H groups in total. The summed E-state index contributed by atoms with van der Waals surface area (Å²) in [7, 11) is -4.40. The quantitative estimate of drug-likeness (QED) is 0.303. The van der Waals surface area contributed by atoms with Gasteiger partial charge in [-0.1, -0.05) is 25.7 Å². The van der Waals surface area contributed by atoms with E-state index in [1.165, 1.54) is 0 Å². The Hall–Kier alpha value is 0.0300. The van der Waals surface area contributed by atoms with Gasteiger partial charge in [-0.05, 0) is 46.0 Å². The van der Waals surface area contributed by atoms with Crippen LogP contribution in [0.25, 0.3) is 0 Å². The lowest BCUT2D eigenvalue weighted by molar-refractivity contribution is 0.107. The summed E-state index contributed by atoms with van der Waals surface area (Å²) in [5.74, 6) is 0. The molecule has 0 amide bonds. The number of unbranched alkanes of at least 4 members (excludes halogenated alkanes) is 5. The van der Waals surface area contributed by atoms with Crippen molar-refractivity contribution in [3.63, 3.8) is 0 Å². The Labute approximate surface area is 141 Å². The topological polar surface area (TPSA) is 85.2 Å². The van der Waals surface area contributed by atoms with E-state index in [0.29, 0.717) is 26.1 Å².